The molecule has 2 aromatic rings. The summed E-state index contributed by atoms with van der Waals surface area (Å²) in [7, 11) is 0. The molecule has 0 bridgehead atoms. The van der Waals surface area contributed by atoms with E-state index in [4.69, 9.17) is 17.3 Å². The lowest BCUT2D eigenvalue weighted by atomic mass is 9.93. The van der Waals surface area contributed by atoms with Crippen molar-refractivity contribution in [3.05, 3.63) is 50.7 Å². The van der Waals surface area contributed by atoms with Gasteiger partial charge in [0.05, 0.1) is 10.7 Å². The van der Waals surface area contributed by atoms with Gasteiger partial charge >= 0.3 is 0 Å². The van der Waals surface area contributed by atoms with Crippen molar-refractivity contribution in [1.29, 1.82) is 0 Å². The predicted octanol–water partition coefficient (Wildman–Crippen LogP) is 4.48. The standard InChI is InChI=1S/C15H18ClFN2S/c1-15(2,3)13-8-20-14(19-13)7-12(18)10-5-4-9(16)6-11(10)17/h4-6,8,12H,7,18H2,1-3H3. The summed E-state index contributed by atoms with van der Waals surface area (Å²) in [6.07, 6.45) is 0.527. The number of hydrogen-bond donors (Lipinski definition) is 1. The van der Waals surface area contributed by atoms with Crippen LogP contribution in [0.15, 0.2) is 23.6 Å². The summed E-state index contributed by atoms with van der Waals surface area (Å²) < 4.78 is 13.8. The maximum atomic E-state index is 13.8. The Morgan fingerprint density at radius 1 is 1.40 bits per heavy atom. The lowest BCUT2D eigenvalue weighted by molar-refractivity contribution is 0.563. The fraction of sp³-hybridized carbons (Fsp3) is 0.400. The van der Waals surface area contributed by atoms with Crippen molar-refractivity contribution in [2.45, 2.75) is 38.6 Å². The molecular formula is C15H18ClFN2S. The zero-order valence-electron chi connectivity index (χ0n) is 11.8. The Balaban J connectivity index is 2.15. The van der Waals surface area contributed by atoms with Gasteiger partial charge in [0, 0.05) is 33.8 Å². The minimum Gasteiger partial charge on any atom is -0.324 e. The maximum absolute atomic E-state index is 13.8. The molecule has 5 heteroatoms. The van der Waals surface area contributed by atoms with E-state index in [1.807, 2.05) is 5.38 Å². The van der Waals surface area contributed by atoms with E-state index in [0.29, 0.717) is 17.0 Å². The number of nitrogens with two attached hydrogens (primary N) is 1. The van der Waals surface area contributed by atoms with E-state index in [2.05, 4.69) is 25.8 Å². The van der Waals surface area contributed by atoms with Crippen LogP contribution in [-0.2, 0) is 11.8 Å². The Morgan fingerprint density at radius 2 is 2.10 bits per heavy atom. The largest absolute Gasteiger partial charge is 0.324 e. The molecule has 1 aromatic carbocycles. The second-order valence-electron chi connectivity index (χ2n) is 5.85. The number of thiazole rings is 1. The quantitative estimate of drug-likeness (QED) is 0.907. The van der Waals surface area contributed by atoms with Gasteiger partial charge in [-0.3, -0.25) is 0 Å². The molecule has 1 heterocycles. The van der Waals surface area contributed by atoms with Gasteiger partial charge in [-0.15, -0.1) is 11.3 Å². The van der Waals surface area contributed by atoms with E-state index in [1.54, 1.807) is 23.5 Å². The van der Waals surface area contributed by atoms with Crippen LogP contribution in [0.3, 0.4) is 0 Å². The van der Waals surface area contributed by atoms with Gasteiger partial charge in [0.25, 0.3) is 0 Å². The lowest BCUT2D eigenvalue weighted by Crippen LogP contribution is -2.16. The van der Waals surface area contributed by atoms with E-state index in [9.17, 15) is 4.39 Å². The monoisotopic (exact) mass is 312 g/mol. The van der Waals surface area contributed by atoms with Gasteiger partial charge < -0.3 is 5.73 Å². The van der Waals surface area contributed by atoms with Crippen molar-refractivity contribution < 1.29 is 4.39 Å². The Kier molecular flexibility index (Phi) is 4.47. The first-order chi connectivity index (χ1) is 9.27. The highest BCUT2D eigenvalue weighted by atomic mass is 35.5. The molecule has 0 aliphatic heterocycles. The third-order valence-corrected chi connectivity index (χ3v) is 4.18. The van der Waals surface area contributed by atoms with Gasteiger partial charge in [-0.25, -0.2) is 9.37 Å². The number of halogens is 2. The molecule has 0 saturated heterocycles. The Bertz CT molecular complexity index is 604. The number of aromatic nitrogens is 1. The van der Waals surface area contributed by atoms with Gasteiger partial charge in [-0.05, 0) is 12.1 Å². The van der Waals surface area contributed by atoms with Gasteiger partial charge in [-0.2, -0.15) is 0 Å². The molecule has 1 unspecified atom stereocenters. The van der Waals surface area contributed by atoms with E-state index in [-0.39, 0.29) is 11.2 Å². The molecule has 0 amide bonds. The summed E-state index contributed by atoms with van der Waals surface area (Å²) in [6, 6.07) is 4.17. The molecule has 0 fully saturated rings. The van der Waals surface area contributed by atoms with Gasteiger partial charge in [0.1, 0.15) is 5.82 Å². The highest BCUT2D eigenvalue weighted by Crippen LogP contribution is 2.27. The molecule has 2 nitrogen and oxygen atoms in total. The molecule has 1 atom stereocenters. The van der Waals surface area contributed by atoms with Crippen molar-refractivity contribution in [3.63, 3.8) is 0 Å². The summed E-state index contributed by atoms with van der Waals surface area (Å²) in [5, 5.41) is 3.35. The Labute approximate surface area is 127 Å². The first kappa shape index (κ1) is 15.4. The van der Waals surface area contributed by atoms with Crippen LogP contribution >= 0.6 is 22.9 Å². The Morgan fingerprint density at radius 3 is 2.65 bits per heavy atom. The first-order valence-corrected chi connectivity index (χ1v) is 7.68. The summed E-state index contributed by atoms with van der Waals surface area (Å²) in [5.74, 6) is -0.363. The third kappa shape index (κ3) is 3.57. The zero-order chi connectivity index (χ0) is 14.9. The lowest BCUT2D eigenvalue weighted by Gasteiger charge is -2.15. The van der Waals surface area contributed by atoms with Crippen molar-refractivity contribution >= 4 is 22.9 Å². The van der Waals surface area contributed by atoms with Gasteiger partial charge in [0.2, 0.25) is 0 Å². The van der Waals surface area contributed by atoms with Crippen LogP contribution in [0.5, 0.6) is 0 Å². The molecule has 0 spiro atoms. The molecule has 0 radical (unpaired) electrons. The minimum absolute atomic E-state index is 0.0182. The topological polar surface area (TPSA) is 38.9 Å². The zero-order valence-corrected chi connectivity index (χ0v) is 13.4. The highest BCUT2D eigenvalue weighted by Gasteiger charge is 2.19. The number of nitrogens with zero attached hydrogens (tertiary/aromatic N) is 1. The van der Waals surface area contributed by atoms with E-state index in [0.717, 1.165) is 10.7 Å². The molecule has 20 heavy (non-hydrogen) atoms. The predicted molar refractivity (Wildman–Crippen MR) is 82.9 cm³/mol. The van der Waals surface area contributed by atoms with E-state index < -0.39 is 6.04 Å². The minimum atomic E-state index is -0.411. The summed E-state index contributed by atoms with van der Waals surface area (Å²) in [6.45, 7) is 6.35. The van der Waals surface area contributed by atoms with E-state index in [1.165, 1.54) is 6.07 Å². The van der Waals surface area contributed by atoms with Crippen molar-refractivity contribution in [1.82, 2.24) is 4.98 Å². The van der Waals surface area contributed by atoms with Gasteiger partial charge in [0.15, 0.2) is 0 Å². The van der Waals surface area contributed by atoms with Crippen LogP contribution in [0, 0.1) is 5.82 Å². The first-order valence-electron chi connectivity index (χ1n) is 6.43. The van der Waals surface area contributed by atoms with Gasteiger partial charge in [-0.1, -0.05) is 38.4 Å². The normalized spacial score (nSPS) is 13.5. The summed E-state index contributed by atoms with van der Waals surface area (Å²) >= 11 is 7.31. The maximum Gasteiger partial charge on any atom is 0.129 e. The fourth-order valence-corrected chi connectivity index (χ4v) is 3.09. The summed E-state index contributed by atoms with van der Waals surface area (Å²) in [5.41, 5.74) is 7.61. The van der Waals surface area contributed by atoms with Crippen LogP contribution in [0.2, 0.25) is 5.02 Å². The molecule has 2 rings (SSSR count). The molecule has 1 aromatic heterocycles. The van der Waals surface area contributed by atoms with Crippen LogP contribution in [0.1, 0.15) is 43.1 Å². The van der Waals surface area contributed by atoms with Crippen molar-refractivity contribution in [2.24, 2.45) is 5.73 Å². The van der Waals surface area contributed by atoms with Crippen LogP contribution in [0.4, 0.5) is 4.39 Å². The van der Waals surface area contributed by atoms with Crippen LogP contribution < -0.4 is 5.73 Å². The third-order valence-electron chi connectivity index (χ3n) is 3.08. The fourth-order valence-electron chi connectivity index (χ4n) is 1.85. The summed E-state index contributed by atoms with van der Waals surface area (Å²) in [4.78, 5) is 4.58. The SMILES string of the molecule is CC(C)(C)c1csc(CC(N)c2ccc(Cl)cc2F)n1. The molecule has 0 aliphatic carbocycles. The Hall–Kier alpha value is -0.970. The van der Waals surface area contributed by atoms with E-state index >= 15 is 0 Å². The number of hydrogen-bond acceptors (Lipinski definition) is 3. The average Bonchev–Trinajstić information content (AvgIpc) is 2.76. The molecular weight excluding hydrogens is 295 g/mol. The number of benzene rings is 1. The molecule has 0 aliphatic rings. The average molecular weight is 313 g/mol. The second-order valence-corrected chi connectivity index (χ2v) is 7.23. The smallest absolute Gasteiger partial charge is 0.129 e. The highest BCUT2D eigenvalue weighted by molar-refractivity contribution is 7.09. The molecule has 108 valence electrons. The van der Waals surface area contributed by atoms with Crippen LogP contribution in [0.25, 0.3) is 0 Å². The van der Waals surface area contributed by atoms with Crippen molar-refractivity contribution in [2.75, 3.05) is 0 Å². The molecule has 0 saturated carbocycles. The van der Waals surface area contributed by atoms with Crippen LogP contribution in [-0.4, -0.2) is 4.98 Å². The number of rotatable bonds is 3. The second kappa shape index (κ2) is 5.80. The van der Waals surface area contributed by atoms with Crippen molar-refractivity contribution in [3.8, 4) is 0 Å². The molecule has 2 N–H and O–H groups in total.